The van der Waals surface area contributed by atoms with Crippen molar-refractivity contribution in [1.29, 1.82) is 5.26 Å². The van der Waals surface area contributed by atoms with Gasteiger partial charge in [0.25, 0.3) is 5.91 Å². The van der Waals surface area contributed by atoms with Crippen molar-refractivity contribution in [2.45, 2.75) is 20.0 Å². The Morgan fingerprint density at radius 1 is 1.18 bits per heavy atom. The molecule has 0 heterocycles. The van der Waals surface area contributed by atoms with Gasteiger partial charge in [0.05, 0.1) is 25.3 Å². The Morgan fingerprint density at radius 3 is 2.50 bits per heavy atom. The Labute approximate surface area is 164 Å². The Balaban J connectivity index is 1.95. The molecule has 0 bridgehead atoms. The topological polar surface area (TPSA) is 91.7 Å². The van der Waals surface area contributed by atoms with Gasteiger partial charge in [0.1, 0.15) is 11.5 Å². The second-order valence-electron chi connectivity index (χ2n) is 6.03. The van der Waals surface area contributed by atoms with E-state index in [9.17, 15) is 9.59 Å². The molecular formula is C21H23N3O4. The molecule has 2 aromatic carbocycles. The number of nitrogens with zero attached hydrogens (tertiary/aromatic N) is 2. The van der Waals surface area contributed by atoms with Crippen LogP contribution in [0.5, 0.6) is 11.5 Å². The average molecular weight is 381 g/mol. The van der Waals surface area contributed by atoms with E-state index in [0.717, 1.165) is 0 Å². The van der Waals surface area contributed by atoms with Crippen LogP contribution in [0.15, 0.2) is 48.5 Å². The molecule has 7 nitrogen and oxygen atoms in total. The van der Waals surface area contributed by atoms with Crippen molar-refractivity contribution in [2.24, 2.45) is 0 Å². The lowest BCUT2D eigenvalue weighted by atomic mass is 10.2. The molecule has 2 amide bonds. The molecular weight excluding hydrogens is 358 g/mol. The second kappa shape index (κ2) is 9.97. The van der Waals surface area contributed by atoms with E-state index in [1.807, 2.05) is 6.07 Å². The maximum Gasteiger partial charge on any atom is 0.263 e. The zero-order valence-electron chi connectivity index (χ0n) is 16.1. The summed E-state index contributed by atoms with van der Waals surface area (Å²) in [6, 6.07) is 15.5. The van der Waals surface area contributed by atoms with Gasteiger partial charge < -0.3 is 19.7 Å². The molecule has 0 radical (unpaired) electrons. The lowest BCUT2D eigenvalue weighted by Gasteiger charge is -2.24. The summed E-state index contributed by atoms with van der Waals surface area (Å²) in [5, 5.41) is 11.6. The SMILES string of the molecule is CCN(CC(=O)Nc1cccc(OC)c1)C(=O)C(C)Oc1ccc(C#N)cc1. The molecule has 1 unspecified atom stereocenters. The highest BCUT2D eigenvalue weighted by atomic mass is 16.5. The fraction of sp³-hybridized carbons (Fsp3) is 0.286. The van der Waals surface area contributed by atoms with Gasteiger partial charge >= 0.3 is 0 Å². The first-order valence-electron chi connectivity index (χ1n) is 8.86. The van der Waals surface area contributed by atoms with Gasteiger partial charge in [-0.15, -0.1) is 0 Å². The molecule has 2 aromatic rings. The number of nitriles is 1. The number of hydrogen-bond acceptors (Lipinski definition) is 5. The number of amides is 2. The minimum Gasteiger partial charge on any atom is -0.497 e. The lowest BCUT2D eigenvalue weighted by Crippen LogP contribution is -2.44. The van der Waals surface area contributed by atoms with Crippen LogP contribution in [0.2, 0.25) is 0 Å². The third kappa shape index (κ3) is 5.74. The van der Waals surface area contributed by atoms with Crippen LogP contribution in [0.3, 0.4) is 0 Å². The molecule has 0 fully saturated rings. The predicted molar refractivity (Wildman–Crippen MR) is 105 cm³/mol. The summed E-state index contributed by atoms with van der Waals surface area (Å²) in [6.45, 7) is 3.70. The Hall–Kier alpha value is -3.53. The van der Waals surface area contributed by atoms with E-state index in [4.69, 9.17) is 14.7 Å². The van der Waals surface area contributed by atoms with Gasteiger partial charge in [0.15, 0.2) is 6.10 Å². The lowest BCUT2D eigenvalue weighted by molar-refractivity contribution is -0.140. The van der Waals surface area contributed by atoms with Gasteiger partial charge in [-0.1, -0.05) is 6.07 Å². The number of rotatable bonds is 8. The molecule has 0 saturated heterocycles. The van der Waals surface area contributed by atoms with E-state index < -0.39 is 6.10 Å². The molecule has 0 aliphatic heterocycles. The van der Waals surface area contributed by atoms with Crippen molar-refractivity contribution in [2.75, 3.05) is 25.5 Å². The average Bonchev–Trinajstić information content (AvgIpc) is 2.72. The molecule has 2 rings (SSSR count). The number of ether oxygens (including phenoxy) is 2. The number of hydrogen-bond donors (Lipinski definition) is 1. The molecule has 7 heteroatoms. The number of carbonyl (C=O) groups excluding carboxylic acids is 2. The normalized spacial score (nSPS) is 11.1. The van der Waals surface area contributed by atoms with Gasteiger partial charge in [-0.05, 0) is 50.2 Å². The molecule has 28 heavy (non-hydrogen) atoms. The van der Waals surface area contributed by atoms with Crippen LogP contribution in [-0.2, 0) is 9.59 Å². The van der Waals surface area contributed by atoms with E-state index in [0.29, 0.717) is 29.3 Å². The minimum absolute atomic E-state index is 0.0897. The van der Waals surface area contributed by atoms with E-state index >= 15 is 0 Å². The Morgan fingerprint density at radius 2 is 1.89 bits per heavy atom. The van der Waals surface area contributed by atoms with Crippen molar-refractivity contribution in [1.82, 2.24) is 4.90 Å². The summed E-state index contributed by atoms with van der Waals surface area (Å²) < 4.78 is 10.8. The largest absolute Gasteiger partial charge is 0.497 e. The van der Waals surface area contributed by atoms with Gasteiger partial charge in [0, 0.05) is 18.3 Å². The Bertz CT molecular complexity index is 859. The third-order valence-corrected chi connectivity index (χ3v) is 4.03. The maximum absolute atomic E-state index is 12.6. The molecule has 0 saturated carbocycles. The van der Waals surface area contributed by atoms with E-state index in [-0.39, 0.29) is 18.4 Å². The van der Waals surface area contributed by atoms with E-state index in [2.05, 4.69) is 5.32 Å². The number of benzene rings is 2. The highest BCUT2D eigenvalue weighted by molar-refractivity contribution is 5.95. The highest BCUT2D eigenvalue weighted by Crippen LogP contribution is 2.17. The first-order chi connectivity index (χ1) is 13.5. The zero-order valence-corrected chi connectivity index (χ0v) is 16.1. The van der Waals surface area contributed by atoms with Gasteiger partial charge in [0.2, 0.25) is 5.91 Å². The van der Waals surface area contributed by atoms with Crippen LogP contribution in [0.25, 0.3) is 0 Å². The second-order valence-corrected chi connectivity index (χ2v) is 6.03. The van der Waals surface area contributed by atoms with Crippen molar-refractivity contribution >= 4 is 17.5 Å². The minimum atomic E-state index is -0.766. The monoisotopic (exact) mass is 381 g/mol. The van der Waals surface area contributed by atoms with Crippen LogP contribution in [0, 0.1) is 11.3 Å². The molecule has 1 atom stereocenters. The summed E-state index contributed by atoms with van der Waals surface area (Å²) in [5.41, 5.74) is 1.10. The number of carbonyl (C=O) groups is 2. The van der Waals surface area contributed by atoms with Gasteiger partial charge in [-0.25, -0.2) is 0 Å². The third-order valence-electron chi connectivity index (χ3n) is 4.03. The van der Waals surface area contributed by atoms with Crippen molar-refractivity contribution in [3.05, 3.63) is 54.1 Å². The van der Waals surface area contributed by atoms with Crippen LogP contribution < -0.4 is 14.8 Å². The highest BCUT2D eigenvalue weighted by Gasteiger charge is 2.23. The molecule has 146 valence electrons. The number of anilines is 1. The van der Waals surface area contributed by atoms with Crippen molar-refractivity contribution in [3.63, 3.8) is 0 Å². The first kappa shape index (κ1) is 20.8. The summed E-state index contributed by atoms with van der Waals surface area (Å²) in [7, 11) is 1.55. The summed E-state index contributed by atoms with van der Waals surface area (Å²) in [4.78, 5) is 26.4. The quantitative estimate of drug-likeness (QED) is 0.759. The van der Waals surface area contributed by atoms with Gasteiger partial charge in [-0.2, -0.15) is 5.26 Å². The smallest absolute Gasteiger partial charge is 0.263 e. The summed E-state index contributed by atoms with van der Waals surface area (Å²) >= 11 is 0. The number of nitrogens with one attached hydrogen (secondary N) is 1. The predicted octanol–water partition coefficient (Wildman–Crippen LogP) is 2.82. The molecule has 0 spiro atoms. The zero-order chi connectivity index (χ0) is 20.5. The van der Waals surface area contributed by atoms with Crippen LogP contribution in [-0.4, -0.2) is 43.0 Å². The Kier molecular flexibility index (Phi) is 7.40. The maximum atomic E-state index is 12.6. The first-order valence-corrected chi connectivity index (χ1v) is 8.86. The molecule has 1 N–H and O–H groups in total. The van der Waals surface area contributed by atoms with Crippen molar-refractivity contribution < 1.29 is 19.1 Å². The summed E-state index contributed by atoms with van der Waals surface area (Å²) in [5.74, 6) is 0.504. The number of likely N-dealkylation sites (N-methyl/N-ethyl adjacent to an activating group) is 1. The van der Waals surface area contributed by atoms with E-state index in [1.165, 1.54) is 4.90 Å². The van der Waals surface area contributed by atoms with Crippen LogP contribution in [0.4, 0.5) is 5.69 Å². The van der Waals surface area contributed by atoms with E-state index in [1.54, 1.807) is 69.5 Å². The fourth-order valence-corrected chi connectivity index (χ4v) is 2.54. The molecule has 0 aliphatic rings. The van der Waals surface area contributed by atoms with Crippen LogP contribution in [0.1, 0.15) is 19.4 Å². The summed E-state index contributed by atoms with van der Waals surface area (Å²) in [6.07, 6.45) is -0.766. The fourth-order valence-electron chi connectivity index (χ4n) is 2.54. The molecule has 0 aromatic heterocycles. The standard InChI is InChI=1S/C21H23N3O4/c1-4-24(14-20(25)23-17-6-5-7-19(12-17)27-3)21(26)15(2)28-18-10-8-16(13-22)9-11-18/h5-12,15H,4,14H2,1-3H3,(H,23,25). The molecule has 0 aliphatic carbocycles. The number of methoxy groups -OCH3 is 1. The van der Waals surface area contributed by atoms with Crippen molar-refractivity contribution in [3.8, 4) is 17.6 Å². The van der Waals surface area contributed by atoms with Crippen LogP contribution >= 0.6 is 0 Å². The van der Waals surface area contributed by atoms with Gasteiger partial charge in [-0.3, -0.25) is 9.59 Å².